The van der Waals surface area contributed by atoms with Gasteiger partial charge in [0.1, 0.15) is 0 Å². The van der Waals surface area contributed by atoms with Crippen molar-refractivity contribution < 1.29 is 9.84 Å². The molecule has 2 fully saturated rings. The molecule has 0 bridgehead atoms. The maximum absolute atomic E-state index is 9.73. The van der Waals surface area contributed by atoms with Gasteiger partial charge in [-0.15, -0.1) is 0 Å². The zero-order valence-electron chi connectivity index (χ0n) is 13.2. The first kappa shape index (κ1) is 15.3. The van der Waals surface area contributed by atoms with E-state index in [1.807, 2.05) is 0 Å². The fraction of sp³-hybridized carbons (Fsp3) is 1.00. The summed E-state index contributed by atoms with van der Waals surface area (Å²) in [6, 6.07) is 0. The number of aliphatic hydroxyl groups excluding tert-OH is 1. The van der Waals surface area contributed by atoms with Gasteiger partial charge in [0.2, 0.25) is 0 Å². The van der Waals surface area contributed by atoms with Gasteiger partial charge in [0.05, 0.1) is 6.61 Å². The Labute approximate surface area is 118 Å². The van der Waals surface area contributed by atoms with Crippen LogP contribution >= 0.6 is 0 Å². The lowest BCUT2D eigenvalue weighted by molar-refractivity contribution is -0.0598. The van der Waals surface area contributed by atoms with Crippen LogP contribution in [0.2, 0.25) is 0 Å². The number of hydrogen-bond acceptors (Lipinski definition) is 2. The van der Waals surface area contributed by atoms with E-state index in [9.17, 15) is 5.11 Å². The summed E-state index contributed by atoms with van der Waals surface area (Å²) in [4.78, 5) is 0. The SMILES string of the molecule is CCC1CC(CC)C(CC2(CC)COC(O)C2)C1C. The molecule has 0 amide bonds. The van der Waals surface area contributed by atoms with Crippen LogP contribution < -0.4 is 0 Å². The summed E-state index contributed by atoms with van der Waals surface area (Å²) < 4.78 is 5.48. The smallest absolute Gasteiger partial charge is 0.155 e. The maximum atomic E-state index is 9.73. The molecule has 6 atom stereocenters. The molecule has 2 aliphatic rings. The fourth-order valence-electron chi connectivity index (χ4n) is 4.71. The van der Waals surface area contributed by atoms with E-state index in [1.54, 1.807) is 0 Å². The van der Waals surface area contributed by atoms with Crippen LogP contribution in [0.25, 0.3) is 0 Å². The first-order valence-electron chi connectivity index (χ1n) is 8.34. The highest BCUT2D eigenvalue weighted by Crippen LogP contribution is 2.52. The second-order valence-electron chi connectivity index (χ2n) is 7.12. The van der Waals surface area contributed by atoms with Gasteiger partial charge in [-0.25, -0.2) is 0 Å². The van der Waals surface area contributed by atoms with Crippen molar-refractivity contribution in [3.8, 4) is 0 Å². The molecule has 6 unspecified atom stereocenters. The third kappa shape index (κ3) is 3.00. The van der Waals surface area contributed by atoms with Crippen molar-refractivity contribution in [2.75, 3.05) is 6.61 Å². The van der Waals surface area contributed by atoms with E-state index in [4.69, 9.17) is 4.74 Å². The molecule has 2 heteroatoms. The summed E-state index contributed by atoms with van der Waals surface area (Å²) in [7, 11) is 0. The molecule has 2 rings (SSSR count). The molecule has 19 heavy (non-hydrogen) atoms. The first-order chi connectivity index (χ1) is 9.05. The van der Waals surface area contributed by atoms with Crippen LogP contribution in [0, 0.1) is 29.1 Å². The molecule has 1 aliphatic carbocycles. The van der Waals surface area contributed by atoms with Crippen LogP contribution in [0.15, 0.2) is 0 Å². The predicted octanol–water partition coefficient (Wildman–Crippen LogP) is 4.22. The zero-order valence-corrected chi connectivity index (χ0v) is 13.2. The van der Waals surface area contributed by atoms with E-state index < -0.39 is 6.29 Å². The average molecular weight is 268 g/mol. The molecule has 0 spiro atoms. The summed E-state index contributed by atoms with van der Waals surface area (Å²) in [6.45, 7) is 10.2. The minimum Gasteiger partial charge on any atom is -0.368 e. The molecule has 1 aliphatic heterocycles. The Morgan fingerprint density at radius 3 is 2.32 bits per heavy atom. The monoisotopic (exact) mass is 268 g/mol. The molecule has 0 aromatic heterocycles. The first-order valence-corrected chi connectivity index (χ1v) is 8.34. The molecule has 2 nitrogen and oxygen atoms in total. The van der Waals surface area contributed by atoms with E-state index in [0.717, 1.165) is 43.1 Å². The largest absolute Gasteiger partial charge is 0.368 e. The molecule has 0 aromatic rings. The lowest BCUT2D eigenvalue weighted by Gasteiger charge is -2.34. The van der Waals surface area contributed by atoms with Crippen LogP contribution in [0.4, 0.5) is 0 Å². The van der Waals surface area contributed by atoms with Gasteiger partial charge in [0, 0.05) is 6.42 Å². The fourth-order valence-corrected chi connectivity index (χ4v) is 4.71. The van der Waals surface area contributed by atoms with Gasteiger partial charge in [-0.1, -0.05) is 40.5 Å². The third-order valence-corrected chi connectivity index (χ3v) is 6.29. The van der Waals surface area contributed by atoms with Gasteiger partial charge in [-0.05, 0) is 48.3 Å². The van der Waals surface area contributed by atoms with Crippen molar-refractivity contribution in [2.45, 2.75) is 72.5 Å². The van der Waals surface area contributed by atoms with Crippen molar-refractivity contribution in [3.05, 3.63) is 0 Å². The van der Waals surface area contributed by atoms with Gasteiger partial charge < -0.3 is 9.84 Å². The standard InChI is InChI=1S/C17H32O2/c1-5-13-8-14(6-2)15(12(13)4)9-17(7-3)10-16(18)19-11-17/h12-16,18H,5-11H2,1-4H3. The molecular weight excluding hydrogens is 236 g/mol. The number of aliphatic hydroxyl groups is 1. The molecule has 112 valence electrons. The van der Waals surface area contributed by atoms with Crippen molar-refractivity contribution in [2.24, 2.45) is 29.1 Å². The molecule has 1 saturated heterocycles. The van der Waals surface area contributed by atoms with Crippen molar-refractivity contribution in [3.63, 3.8) is 0 Å². The molecule has 1 saturated carbocycles. The number of rotatable bonds is 5. The average Bonchev–Trinajstić information content (AvgIpc) is 2.93. The topological polar surface area (TPSA) is 29.5 Å². The summed E-state index contributed by atoms with van der Waals surface area (Å²) in [6.07, 6.45) is 6.79. The van der Waals surface area contributed by atoms with Crippen molar-refractivity contribution >= 4 is 0 Å². The van der Waals surface area contributed by atoms with Gasteiger partial charge in [-0.2, -0.15) is 0 Å². The van der Waals surface area contributed by atoms with Crippen LogP contribution in [-0.2, 0) is 4.74 Å². The zero-order chi connectivity index (χ0) is 14.0. The van der Waals surface area contributed by atoms with Gasteiger partial charge >= 0.3 is 0 Å². The number of hydrogen-bond donors (Lipinski definition) is 1. The van der Waals surface area contributed by atoms with Gasteiger partial charge in [-0.3, -0.25) is 0 Å². The van der Waals surface area contributed by atoms with E-state index in [2.05, 4.69) is 27.7 Å². The van der Waals surface area contributed by atoms with Crippen LogP contribution in [0.1, 0.15) is 66.2 Å². The van der Waals surface area contributed by atoms with Gasteiger partial charge in [0.25, 0.3) is 0 Å². The second-order valence-corrected chi connectivity index (χ2v) is 7.12. The Bertz CT molecular complexity index is 289. The molecule has 0 radical (unpaired) electrons. The van der Waals surface area contributed by atoms with Crippen molar-refractivity contribution in [1.82, 2.24) is 0 Å². The van der Waals surface area contributed by atoms with Gasteiger partial charge in [0.15, 0.2) is 6.29 Å². The highest BCUT2D eigenvalue weighted by atomic mass is 16.6. The van der Waals surface area contributed by atoms with E-state index in [1.165, 1.54) is 25.7 Å². The predicted molar refractivity (Wildman–Crippen MR) is 78.7 cm³/mol. The number of ether oxygens (including phenoxy) is 1. The Balaban J connectivity index is 2.07. The highest BCUT2D eigenvalue weighted by Gasteiger charge is 2.46. The van der Waals surface area contributed by atoms with Crippen molar-refractivity contribution in [1.29, 1.82) is 0 Å². The quantitative estimate of drug-likeness (QED) is 0.809. The highest BCUT2D eigenvalue weighted by molar-refractivity contribution is 4.94. The Morgan fingerprint density at radius 2 is 1.84 bits per heavy atom. The van der Waals surface area contributed by atoms with E-state index >= 15 is 0 Å². The summed E-state index contributed by atoms with van der Waals surface area (Å²) in [5.74, 6) is 3.48. The Hall–Kier alpha value is -0.0800. The normalized spacial score (nSPS) is 46.9. The lowest BCUT2D eigenvalue weighted by Crippen LogP contribution is -2.28. The summed E-state index contributed by atoms with van der Waals surface area (Å²) in [5.41, 5.74) is 0.244. The molecule has 0 aromatic carbocycles. The van der Waals surface area contributed by atoms with E-state index in [0.29, 0.717) is 0 Å². The third-order valence-electron chi connectivity index (χ3n) is 6.29. The Kier molecular flexibility index (Phi) is 4.94. The lowest BCUT2D eigenvalue weighted by atomic mass is 9.71. The minimum absolute atomic E-state index is 0.244. The maximum Gasteiger partial charge on any atom is 0.155 e. The molecule has 1 N–H and O–H groups in total. The van der Waals surface area contributed by atoms with Crippen LogP contribution in [0.5, 0.6) is 0 Å². The van der Waals surface area contributed by atoms with E-state index in [-0.39, 0.29) is 5.41 Å². The van der Waals surface area contributed by atoms with Crippen LogP contribution in [0.3, 0.4) is 0 Å². The Morgan fingerprint density at radius 1 is 1.16 bits per heavy atom. The minimum atomic E-state index is -0.515. The molecule has 1 heterocycles. The summed E-state index contributed by atoms with van der Waals surface area (Å²) >= 11 is 0. The summed E-state index contributed by atoms with van der Waals surface area (Å²) in [5, 5.41) is 9.73. The molecular formula is C17H32O2. The second kappa shape index (κ2) is 6.13. The van der Waals surface area contributed by atoms with Crippen LogP contribution in [-0.4, -0.2) is 18.0 Å².